The fourth-order valence-corrected chi connectivity index (χ4v) is 1.31. The van der Waals surface area contributed by atoms with Crippen molar-refractivity contribution >= 4 is 11.9 Å². The van der Waals surface area contributed by atoms with Crippen LogP contribution in [0.15, 0.2) is 30.5 Å². The van der Waals surface area contributed by atoms with Crippen LogP contribution in [0.2, 0.25) is 0 Å². The third-order valence-corrected chi connectivity index (χ3v) is 2.13. The Morgan fingerprint density at radius 2 is 2.27 bits per heavy atom. The molecule has 0 fully saturated rings. The number of carbonyl (C=O) groups is 1. The largest absolute Gasteiger partial charge is 0.300 e. The minimum absolute atomic E-state index is 0.281. The number of unbranched alkanes of at least 4 members (excludes halogenated alkanes) is 2. The van der Waals surface area contributed by atoms with Gasteiger partial charge in [0.1, 0.15) is 5.78 Å². The maximum atomic E-state index is 10.7. The van der Waals surface area contributed by atoms with Crippen molar-refractivity contribution in [2.75, 3.05) is 0 Å². The smallest absolute Gasteiger partial charge is 0.129 e. The van der Waals surface area contributed by atoms with Gasteiger partial charge in [-0.1, -0.05) is 12.1 Å². The minimum Gasteiger partial charge on any atom is -0.300 e. The molecule has 0 aliphatic rings. The van der Waals surface area contributed by atoms with Crippen LogP contribution >= 0.6 is 0 Å². The number of Topliss-reactive ketones (excluding diaryl/α,β-unsaturated/α-hetero) is 1. The molecule has 0 bridgehead atoms. The maximum Gasteiger partial charge on any atom is 0.129 e. The van der Waals surface area contributed by atoms with Crippen molar-refractivity contribution in [3.8, 4) is 0 Å². The summed E-state index contributed by atoms with van der Waals surface area (Å²) in [6.07, 6.45) is 9.71. The summed E-state index contributed by atoms with van der Waals surface area (Å²) in [5.74, 6) is 0.281. The van der Waals surface area contributed by atoms with Crippen LogP contribution in [0.4, 0.5) is 0 Å². The van der Waals surface area contributed by atoms with Crippen molar-refractivity contribution in [2.45, 2.75) is 32.6 Å². The lowest BCUT2D eigenvalue weighted by atomic mass is 10.1. The summed E-state index contributed by atoms with van der Waals surface area (Å²) in [6.45, 7) is 1.64. The lowest BCUT2D eigenvalue weighted by molar-refractivity contribution is -0.117. The average molecular weight is 203 g/mol. The first-order valence-corrected chi connectivity index (χ1v) is 5.36. The zero-order valence-corrected chi connectivity index (χ0v) is 9.15. The highest BCUT2D eigenvalue weighted by atomic mass is 16.1. The van der Waals surface area contributed by atoms with E-state index in [9.17, 15) is 4.79 Å². The van der Waals surface area contributed by atoms with E-state index in [1.54, 1.807) is 13.1 Å². The number of allylic oxidation sites excluding steroid dienone is 1. The molecular weight excluding hydrogens is 186 g/mol. The molecule has 1 heterocycles. The highest BCUT2D eigenvalue weighted by Crippen LogP contribution is 2.03. The predicted octanol–water partition coefficient (Wildman–Crippen LogP) is 3.24. The van der Waals surface area contributed by atoms with Crippen LogP contribution in [0.3, 0.4) is 0 Å². The SMILES string of the molecule is CC(=O)CCCC/C=C\c1ccccn1. The minimum atomic E-state index is 0.281. The van der Waals surface area contributed by atoms with Crippen LogP contribution in [-0.2, 0) is 4.79 Å². The zero-order valence-electron chi connectivity index (χ0n) is 9.15. The van der Waals surface area contributed by atoms with Gasteiger partial charge in [-0.25, -0.2) is 0 Å². The van der Waals surface area contributed by atoms with Gasteiger partial charge < -0.3 is 4.79 Å². The summed E-state index contributed by atoms with van der Waals surface area (Å²) < 4.78 is 0. The first-order chi connectivity index (χ1) is 7.29. The Morgan fingerprint density at radius 3 is 2.93 bits per heavy atom. The van der Waals surface area contributed by atoms with Crippen molar-refractivity contribution in [2.24, 2.45) is 0 Å². The molecular formula is C13H17NO. The fourth-order valence-electron chi connectivity index (χ4n) is 1.31. The summed E-state index contributed by atoms with van der Waals surface area (Å²) in [7, 11) is 0. The van der Waals surface area contributed by atoms with E-state index in [2.05, 4.69) is 11.1 Å². The van der Waals surface area contributed by atoms with Crippen LogP contribution in [0, 0.1) is 0 Å². The molecule has 0 N–H and O–H groups in total. The van der Waals surface area contributed by atoms with E-state index < -0.39 is 0 Å². The molecule has 15 heavy (non-hydrogen) atoms. The lowest BCUT2D eigenvalue weighted by Gasteiger charge is -1.94. The van der Waals surface area contributed by atoms with E-state index in [-0.39, 0.29) is 5.78 Å². The molecule has 0 aliphatic heterocycles. The van der Waals surface area contributed by atoms with Crippen LogP contribution in [-0.4, -0.2) is 10.8 Å². The Bertz CT molecular complexity index is 317. The topological polar surface area (TPSA) is 30.0 Å². The Hall–Kier alpha value is -1.44. The fraction of sp³-hybridized carbons (Fsp3) is 0.385. The van der Waals surface area contributed by atoms with Gasteiger partial charge in [0.15, 0.2) is 0 Å². The van der Waals surface area contributed by atoms with Gasteiger partial charge in [0.25, 0.3) is 0 Å². The van der Waals surface area contributed by atoms with Crippen molar-refractivity contribution < 1.29 is 4.79 Å². The molecule has 0 unspecified atom stereocenters. The quantitative estimate of drug-likeness (QED) is 0.664. The van der Waals surface area contributed by atoms with E-state index in [0.717, 1.165) is 25.0 Å². The summed E-state index contributed by atoms with van der Waals surface area (Å²) in [5, 5.41) is 0. The molecule has 80 valence electrons. The molecule has 0 aromatic carbocycles. The third-order valence-electron chi connectivity index (χ3n) is 2.13. The van der Waals surface area contributed by atoms with Crippen LogP contribution in [0.25, 0.3) is 6.08 Å². The summed E-state index contributed by atoms with van der Waals surface area (Å²) in [5.41, 5.74) is 0.990. The lowest BCUT2D eigenvalue weighted by Crippen LogP contribution is -1.88. The monoisotopic (exact) mass is 203 g/mol. The van der Waals surface area contributed by atoms with E-state index in [0.29, 0.717) is 6.42 Å². The zero-order chi connectivity index (χ0) is 10.9. The van der Waals surface area contributed by atoms with E-state index >= 15 is 0 Å². The number of pyridine rings is 1. The molecule has 0 aliphatic carbocycles. The second-order valence-corrected chi connectivity index (χ2v) is 3.60. The van der Waals surface area contributed by atoms with E-state index in [1.165, 1.54) is 0 Å². The molecule has 0 saturated heterocycles. The summed E-state index contributed by atoms with van der Waals surface area (Å²) in [4.78, 5) is 14.9. The van der Waals surface area contributed by atoms with Gasteiger partial charge in [-0.05, 0) is 44.4 Å². The Kier molecular flexibility index (Phi) is 5.38. The van der Waals surface area contributed by atoms with Gasteiger partial charge in [-0.2, -0.15) is 0 Å². The second-order valence-electron chi connectivity index (χ2n) is 3.60. The molecule has 0 spiro atoms. The Labute approximate surface area is 91.0 Å². The highest BCUT2D eigenvalue weighted by molar-refractivity contribution is 5.75. The molecule has 0 radical (unpaired) electrons. The predicted molar refractivity (Wildman–Crippen MR) is 62.4 cm³/mol. The third kappa shape index (κ3) is 5.78. The number of ketones is 1. The molecule has 1 rings (SSSR count). The van der Waals surface area contributed by atoms with Gasteiger partial charge in [-0.3, -0.25) is 4.98 Å². The van der Waals surface area contributed by atoms with Gasteiger partial charge in [0.2, 0.25) is 0 Å². The first kappa shape index (κ1) is 11.6. The normalized spacial score (nSPS) is 10.7. The molecule has 0 amide bonds. The first-order valence-electron chi connectivity index (χ1n) is 5.36. The van der Waals surface area contributed by atoms with Crippen LogP contribution in [0.1, 0.15) is 38.3 Å². The van der Waals surface area contributed by atoms with Gasteiger partial charge in [-0.15, -0.1) is 0 Å². The van der Waals surface area contributed by atoms with Crippen molar-refractivity contribution in [3.05, 3.63) is 36.2 Å². The summed E-state index contributed by atoms with van der Waals surface area (Å²) >= 11 is 0. The van der Waals surface area contributed by atoms with Crippen molar-refractivity contribution in [3.63, 3.8) is 0 Å². The molecule has 2 heteroatoms. The van der Waals surface area contributed by atoms with Crippen LogP contribution in [0.5, 0.6) is 0 Å². The highest BCUT2D eigenvalue weighted by Gasteiger charge is 1.91. The van der Waals surface area contributed by atoms with Crippen molar-refractivity contribution in [1.29, 1.82) is 0 Å². The number of aromatic nitrogens is 1. The van der Waals surface area contributed by atoms with Gasteiger partial charge in [0, 0.05) is 12.6 Å². The molecule has 0 atom stereocenters. The summed E-state index contributed by atoms with van der Waals surface area (Å²) in [6, 6.07) is 5.86. The average Bonchev–Trinajstić information content (AvgIpc) is 2.24. The van der Waals surface area contributed by atoms with E-state index in [1.807, 2.05) is 24.3 Å². The Morgan fingerprint density at radius 1 is 1.40 bits per heavy atom. The Balaban J connectivity index is 2.15. The number of hydrogen-bond donors (Lipinski definition) is 0. The van der Waals surface area contributed by atoms with Gasteiger partial charge in [0.05, 0.1) is 5.69 Å². The number of rotatable bonds is 6. The molecule has 2 nitrogen and oxygen atoms in total. The number of carbonyl (C=O) groups excluding carboxylic acids is 1. The standard InChI is InChI=1S/C13H17NO/c1-12(15)8-4-2-3-5-9-13-10-6-7-11-14-13/h5-7,9-11H,2-4,8H2,1H3/b9-5-. The van der Waals surface area contributed by atoms with Crippen LogP contribution < -0.4 is 0 Å². The van der Waals surface area contributed by atoms with E-state index in [4.69, 9.17) is 0 Å². The number of nitrogens with zero attached hydrogens (tertiary/aromatic N) is 1. The molecule has 1 aromatic heterocycles. The molecule has 0 saturated carbocycles. The number of hydrogen-bond acceptors (Lipinski definition) is 2. The second kappa shape index (κ2) is 6.93. The molecule has 1 aromatic rings. The maximum absolute atomic E-state index is 10.7. The van der Waals surface area contributed by atoms with Gasteiger partial charge >= 0.3 is 0 Å². The van der Waals surface area contributed by atoms with Crippen molar-refractivity contribution in [1.82, 2.24) is 4.98 Å².